The first kappa shape index (κ1) is 17.8. The number of halogens is 1. The number of nitrogens with one attached hydrogen (secondary N) is 1. The SMILES string of the molecule is COCCN(CCCN(C)C)C(=O)Nc1ccc(Cl)cc1. The minimum absolute atomic E-state index is 0.117. The van der Waals surface area contributed by atoms with E-state index in [1.807, 2.05) is 14.1 Å². The molecule has 118 valence electrons. The molecule has 5 nitrogen and oxygen atoms in total. The third-order valence-corrected chi connectivity index (χ3v) is 3.23. The van der Waals surface area contributed by atoms with Crippen molar-refractivity contribution in [2.45, 2.75) is 6.42 Å². The van der Waals surface area contributed by atoms with Crippen LogP contribution in [0.1, 0.15) is 6.42 Å². The normalized spacial score (nSPS) is 10.7. The van der Waals surface area contributed by atoms with Gasteiger partial charge in [-0.05, 0) is 51.3 Å². The smallest absolute Gasteiger partial charge is 0.321 e. The van der Waals surface area contributed by atoms with Crippen LogP contribution in [-0.2, 0) is 4.74 Å². The molecule has 0 saturated carbocycles. The van der Waals surface area contributed by atoms with Gasteiger partial charge in [0.1, 0.15) is 0 Å². The first-order valence-corrected chi connectivity index (χ1v) is 7.36. The lowest BCUT2D eigenvalue weighted by molar-refractivity contribution is 0.153. The van der Waals surface area contributed by atoms with E-state index in [1.165, 1.54) is 0 Å². The zero-order chi connectivity index (χ0) is 15.7. The van der Waals surface area contributed by atoms with Crippen molar-refractivity contribution >= 4 is 23.3 Å². The van der Waals surface area contributed by atoms with Gasteiger partial charge in [-0.1, -0.05) is 11.6 Å². The fraction of sp³-hybridized carbons (Fsp3) is 0.533. The molecule has 0 radical (unpaired) electrons. The second kappa shape index (κ2) is 9.60. The number of nitrogens with zero attached hydrogens (tertiary/aromatic N) is 2. The van der Waals surface area contributed by atoms with Gasteiger partial charge in [-0.25, -0.2) is 4.79 Å². The van der Waals surface area contributed by atoms with Gasteiger partial charge in [-0.15, -0.1) is 0 Å². The van der Waals surface area contributed by atoms with E-state index in [4.69, 9.17) is 16.3 Å². The van der Waals surface area contributed by atoms with Gasteiger partial charge in [0.05, 0.1) is 6.61 Å². The molecule has 0 aromatic heterocycles. The molecule has 0 bridgehead atoms. The fourth-order valence-electron chi connectivity index (χ4n) is 1.83. The number of ether oxygens (including phenoxy) is 1. The number of benzene rings is 1. The van der Waals surface area contributed by atoms with E-state index in [2.05, 4.69) is 10.2 Å². The fourth-order valence-corrected chi connectivity index (χ4v) is 1.96. The lowest BCUT2D eigenvalue weighted by Crippen LogP contribution is -2.38. The molecule has 6 heteroatoms. The molecule has 0 atom stereocenters. The summed E-state index contributed by atoms with van der Waals surface area (Å²) in [7, 11) is 5.68. The number of hydrogen-bond donors (Lipinski definition) is 1. The molecule has 0 aliphatic rings. The highest BCUT2D eigenvalue weighted by Crippen LogP contribution is 2.14. The third kappa shape index (κ3) is 7.32. The molecular weight excluding hydrogens is 290 g/mol. The second-order valence-corrected chi connectivity index (χ2v) is 5.51. The maximum absolute atomic E-state index is 12.3. The van der Waals surface area contributed by atoms with Gasteiger partial charge in [0.15, 0.2) is 0 Å². The molecule has 0 unspecified atom stereocenters. The van der Waals surface area contributed by atoms with Crippen molar-refractivity contribution in [3.05, 3.63) is 29.3 Å². The van der Waals surface area contributed by atoms with Gasteiger partial charge in [-0.2, -0.15) is 0 Å². The van der Waals surface area contributed by atoms with Crippen LogP contribution in [0, 0.1) is 0 Å². The molecule has 0 saturated heterocycles. The highest BCUT2D eigenvalue weighted by Gasteiger charge is 2.13. The van der Waals surface area contributed by atoms with E-state index in [0.717, 1.165) is 18.7 Å². The van der Waals surface area contributed by atoms with Crippen molar-refractivity contribution in [1.82, 2.24) is 9.80 Å². The molecule has 0 aliphatic carbocycles. The van der Waals surface area contributed by atoms with Crippen LogP contribution in [0.5, 0.6) is 0 Å². The Balaban J connectivity index is 2.54. The molecule has 0 fully saturated rings. The van der Waals surface area contributed by atoms with Crippen LogP contribution in [0.15, 0.2) is 24.3 Å². The topological polar surface area (TPSA) is 44.8 Å². The minimum Gasteiger partial charge on any atom is -0.383 e. The number of methoxy groups -OCH3 is 1. The highest BCUT2D eigenvalue weighted by atomic mass is 35.5. The Labute approximate surface area is 131 Å². The summed E-state index contributed by atoms with van der Waals surface area (Å²) in [5.41, 5.74) is 0.736. The summed E-state index contributed by atoms with van der Waals surface area (Å²) in [4.78, 5) is 16.2. The Morgan fingerprint density at radius 1 is 1.19 bits per heavy atom. The molecule has 0 heterocycles. The molecule has 2 amide bonds. The summed E-state index contributed by atoms with van der Waals surface area (Å²) in [6.07, 6.45) is 0.921. The number of amides is 2. The molecule has 0 aliphatic heterocycles. The number of rotatable bonds is 8. The molecular formula is C15H24ClN3O2. The second-order valence-electron chi connectivity index (χ2n) is 5.07. The van der Waals surface area contributed by atoms with Gasteiger partial charge in [-0.3, -0.25) is 0 Å². The van der Waals surface area contributed by atoms with Gasteiger partial charge in [0, 0.05) is 30.9 Å². The van der Waals surface area contributed by atoms with E-state index >= 15 is 0 Å². The first-order valence-electron chi connectivity index (χ1n) is 6.98. The summed E-state index contributed by atoms with van der Waals surface area (Å²) in [5, 5.41) is 3.52. The molecule has 21 heavy (non-hydrogen) atoms. The van der Waals surface area contributed by atoms with Crippen molar-refractivity contribution < 1.29 is 9.53 Å². The Kier molecular flexibility index (Phi) is 8.12. The summed E-state index contributed by atoms with van der Waals surface area (Å²) < 4.78 is 5.07. The third-order valence-electron chi connectivity index (χ3n) is 2.98. The zero-order valence-electron chi connectivity index (χ0n) is 12.9. The predicted molar refractivity (Wildman–Crippen MR) is 87.1 cm³/mol. The summed E-state index contributed by atoms with van der Waals surface area (Å²) in [5.74, 6) is 0. The Bertz CT molecular complexity index is 423. The number of anilines is 1. The van der Waals surface area contributed by atoms with Crippen LogP contribution in [0.3, 0.4) is 0 Å². The standard InChI is InChI=1S/C15H24ClN3O2/c1-18(2)9-4-10-19(11-12-21-3)15(20)17-14-7-5-13(16)6-8-14/h5-8H,4,9-12H2,1-3H3,(H,17,20). The Hall–Kier alpha value is -1.30. The number of hydrogen-bond acceptors (Lipinski definition) is 3. The summed E-state index contributed by atoms with van der Waals surface area (Å²) in [6.45, 7) is 2.73. The van der Waals surface area contributed by atoms with Gasteiger partial charge in [0.2, 0.25) is 0 Å². The Morgan fingerprint density at radius 3 is 2.43 bits per heavy atom. The lowest BCUT2D eigenvalue weighted by atomic mass is 10.3. The summed E-state index contributed by atoms with van der Waals surface area (Å²) in [6, 6.07) is 6.96. The van der Waals surface area contributed by atoms with E-state index in [9.17, 15) is 4.79 Å². The summed E-state index contributed by atoms with van der Waals surface area (Å²) >= 11 is 5.83. The van der Waals surface area contributed by atoms with Crippen molar-refractivity contribution in [1.29, 1.82) is 0 Å². The monoisotopic (exact) mass is 313 g/mol. The maximum atomic E-state index is 12.3. The van der Waals surface area contributed by atoms with Crippen LogP contribution in [-0.4, -0.2) is 63.3 Å². The minimum atomic E-state index is -0.117. The average Bonchev–Trinajstić information content (AvgIpc) is 2.44. The van der Waals surface area contributed by atoms with Crippen LogP contribution in [0.25, 0.3) is 0 Å². The Morgan fingerprint density at radius 2 is 1.86 bits per heavy atom. The average molecular weight is 314 g/mol. The van der Waals surface area contributed by atoms with E-state index in [-0.39, 0.29) is 6.03 Å². The lowest BCUT2D eigenvalue weighted by Gasteiger charge is -2.23. The highest BCUT2D eigenvalue weighted by molar-refractivity contribution is 6.30. The van der Waals surface area contributed by atoms with Gasteiger partial charge < -0.3 is 19.9 Å². The number of urea groups is 1. The van der Waals surface area contributed by atoms with Crippen LogP contribution < -0.4 is 5.32 Å². The van der Waals surface area contributed by atoms with Gasteiger partial charge >= 0.3 is 6.03 Å². The van der Waals surface area contributed by atoms with Crippen molar-refractivity contribution in [2.24, 2.45) is 0 Å². The first-order chi connectivity index (χ1) is 10.0. The van der Waals surface area contributed by atoms with Crippen LogP contribution in [0.4, 0.5) is 10.5 Å². The van der Waals surface area contributed by atoms with E-state index in [1.54, 1.807) is 36.3 Å². The largest absolute Gasteiger partial charge is 0.383 e. The van der Waals surface area contributed by atoms with E-state index in [0.29, 0.717) is 24.7 Å². The molecule has 1 aromatic rings. The molecule has 1 aromatic carbocycles. The number of carbonyl (C=O) groups excluding carboxylic acids is 1. The van der Waals surface area contributed by atoms with Crippen LogP contribution in [0.2, 0.25) is 5.02 Å². The van der Waals surface area contributed by atoms with Crippen molar-refractivity contribution in [3.8, 4) is 0 Å². The molecule has 1 rings (SSSR count). The molecule has 0 spiro atoms. The van der Waals surface area contributed by atoms with Gasteiger partial charge in [0.25, 0.3) is 0 Å². The molecule has 1 N–H and O–H groups in total. The van der Waals surface area contributed by atoms with Crippen LogP contribution >= 0.6 is 11.6 Å². The maximum Gasteiger partial charge on any atom is 0.321 e. The van der Waals surface area contributed by atoms with E-state index < -0.39 is 0 Å². The zero-order valence-corrected chi connectivity index (χ0v) is 13.7. The predicted octanol–water partition coefficient (Wildman–Crippen LogP) is 2.77. The van der Waals surface area contributed by atoms with Crippen molar-refractivity contribution in [2.75, 3.05) is 52.8 Å². The van der Waals surface area contributed by atoms with Crippen molar-refractivity contribution in [3.63, 3.8) is 0 Å². The quantitative estimate of drug-likeness (QED) is 0.802. The number of carbonyl (C=O) groups is 1.